The minimum Gasteiger partial charge on any atom is -0.491 e. The maximum atomic E-state index is 12.4. The Kier molecular flexibility index (Phi) is 7.13. The van der Waals surface area contributed by atoms with Crippen LogP contribution in [0.1, 0.15) is 12.0 Å². The first-order chi connectivity index (χ1) is 14.1. The summed E-state index contributed by atoms with van der Waals surface area (Å²) in [6.45, 7) is -0.564. The van der Waals surface area contributed by atoms with E-state index in [4.69, 9.17) is 16.3 Å². The van der Waals surface area contributed by atoms with Crippen molar-refractivity contribution in [3.8, 4) is 23.1 Å². The van der Waals surface area contributed by atoms with E-state index in [0.29, 0.717) is 29.4 Å². The van der Waals surface area contributed by atoms with Crippen LogP contribution < -0.4 is 9.46 Å². The summed E-state index contributed by atoms with van der Waals surface area (Å²) in [6.07, 6.45) is 0.678. The summed E-state index contributed by atoms with van der Waals surface area (Å²) in [6, 6.07) is 15.1. The van der Waals surface area contributed by atoms with E-state index in [-0.39, 0.29) is 6.61 Å². The van der Waals surface area contributed by atoms with Crippen molar-refractivity contribution in [2.24, 2.45) is 7.05 Å². The van der Waals surface area contributed by atoms with Gasteiger partial charge in [-0.2, -0.15) is 5.26 Å². The molecule has 152 valence electrons. The predicted molar refractivity (Wildman–Crippen MR) is 117 cm³/mol. The standard InChI is InChI=1S/C21H21ClFN3O2S/c1-26-20-13-17(28-11-10-23)7-8-18(20)19(14-24)21(26)15-3-5-16(6-4-15)25-29(27)12-2-9-22/h3-8,13,25H,2,9-12H2,1H3. The molecular formula is C21H21ClFN3O2S. The largest absolute Gasteiger partial charge is 0.491 e. The van der Waals surface area contributed by atoms with Crippen LogP contribution in [0.2, 0.25) is 0 Å². The molecule has 5 nitrogen and oxygen atoms in total. The van der Waals surface area contributed by atoms with Gasteiger partial charge in [-0.15, -0.1) is 11.6 Å². The summed E-state index contributed by atoms with van der Waals surface area (Å²) in [5, 5.41) is 10.6. The number of benzene rings is 2. The number of aryl methyl sites for hydroxylation is 1. The number of halogens is 2. The van der Waals surface area contributed by atoms with Gasteiger partial charge in [0.2, 0.25) is 0 Å². The van der Waals surface area contributed by atoms with Crippen molar-refractivity contribution < 1.29 is 13.3 Å². The number of nitrogens with one attached hydrogen (secondary N) is 1. The molecule has 0 radical (unpaired) electrons. The van der Waals surface area contributed by atoms with Gasteiger partial charge in [-0.05, 0) is 36.2 Å². The van der Waals surface area contributed by atoms with Gasteiger partial charge < -0.3 is 14.0 Å². The highest BCUT2D eigenvalue weighted by atomic mass is 35.5. The Balaban J connectivity index is 1.93. The lowest BCUT2D eigenvalue weighted by molar-refractivity contribution is 0.273. The molecule has 1 heterocycles. The molecule has 0 fully saturated rings. The molecule has 8 heteroatoms. The van der Waals surface area contributed by atoms with E-state index in [1.165, 1.54) is 0 Å². The Hall–Kier alpha value is -2.56. The van der Waals surface area contributed by atoms with Crippen LogP contribution in [0.4, 0.5) is 10.1 Å². The quantitative estimate of drug-likeness (QED) is 0.494. The van der Waals surface area contributed by atoms with Gasteiger partial charge in [0, 0.05) is 35.8 Å². The molecule has 1 atom stereocenters. The molecule has 0 aliphatic rings. The zero-order valence-electron chi connectivity index (χ0n) is 16.0. The van der Waals surface area contributed by atoms with Crippen LogP contribution in [0.5, 0.6) is 5.75 Å². The third-order valence-corrected chi connectivity index (χ3v) is 5.87. The number of ether oxygens (including phenoxy) is 1. The minimum atomic E-state index is -1.18. The molecule has 3 rings (SSSR count). The maximum absolute atomic E-state index is 12.4. The molecule has 0 amide bonds. The first kappa shape index (κ1) is 21.2. The van der Waals surface area contributed by atoms with E-state index in [0.717, 1.165) is 27.8 Å². The summed E-state index contributed by atoms with van der Waals surface area (Å²) in [7, 11) is 0.697. The average molecular weight is 434 g/mol. The van der Waals surface area contributed by atoms with E-state index in [1.54, 1.807) is 6.07 Å². The van der Waals surface area contributed by atoms with Gasteiger partial charge in [-0.1, -0.05) is 12.1 Å². The van der Waals surface area contributed by atoms with Crippen LogP contribution >= 0.6 is 11.6 Å². The van der Waals surface area contributed by atoms with Crippen LogP contribution in [0.3, 0.4) is 0 Å². The Morgan fingerprint density at radius 1 is 1.28 bits per heavy atom. The maximum Gasteiger partial charge on any atom is 0.123 e. The lowest BCUT2D eigenvalue weighted by Gasteiger charge is -2.09. The molecule has 2 aromatic carbocycles. The number of aromatic nitrogens is 1. The topological polar surface area (TPSA) is 67.0 Å². The number of nitriles is 1. The first-order valence-corrected chi connectivity index (χ1v) is 11.0. The van der Waals surface area contributed by atoms with Gasteiger partial charge in [0.05, 0.1) is 16.8 Å². The van der Waals surface area contributed by atoms with Gasteiger partial charge in [-0.25, -0.2) is 8.60 Å². The first-order valence-electron chi connectivity index (χ1n) is 9.11. The molecule has 1 N–H and O–H groups in total. The summed E-state index contributed by atoms with van der Waals surface area (Å²) >= 11 is 5.63. The zero-order chi connectivity index (χ0) is 20.8. The number of nitrogens with zero attached hydrogens (tertiary/aromatic N) is 2. The molecule has 1 unspecified atom stereocenters. The highest BCUT2D eigenvalue weighted by Crippen LogP contribution is 2.34. The summed E-state index contributed by atoms with van der Waals surface area (Å²) < 4.78 is 34.6. The van der Waals surface area contributed by atoms with Gasteiger partial charge in [-0.3, -0.25) is 0 Å². The molecule has 3 aromatic rings. The van der Waals surface area contributed by atoms with Crippen LogP contribution in [0, 0.1) is 11.3 Å². The zero-order valence-corrected chi connectivity index (χ0v) is 17.5. The third kappa shape index (κ3) is 4.72. The molecule has 1 aromatic heterocycles. The molecule has 0 saturated carbocycles. The molecule has 0 bridgehead atoms. The van der Waals surface area contributed by atoms with Gasteiger partial charge in [0.15, 0.2) is 0 Å². The Bertz CT molecular complexity index is 1060. The van der Waals surface area contributed by atoms with Crippen LogP contribution in [-0.4, -0.2) is 33.7 Å². The van der Waals surface area contributed by atoms with Gasteiger partial charge in [0.25, 0.3) is 0 Å². The molecule has 0 spiro atoms. The summed E-state index contributed by atoms with van der Waals surface area (Å²) in [5.41, 5.74) is 3.77. The fourth-order valence-corrected chi connectivity index (χ4v) is 4.38. The van der Waals surface area contributed by atoms with Gasteiger partial charge in [0.1, 0.15) is 36.1 Å². The van der Waals surface area contributed by atoms with E-state index in [9.17, 15) is 13.9 Å². The molecule has 0 aliphatic heterocycles. The smallest absolute Gasteiger partial charge is 0.123 e. The number of hydrogen-bond acceptors (Lipinski definition) is 3. The normalized spacial score (nSPS) is 11.9. The SMILES string of the molecule is Cn1c(-c2ccc(NS(=O)CCCCl)cc2)c(C#N)c2ccc(OCCF)cc21. The lowest BCUT2D eigenvalue weighted by atomic mass is 10.1. The van der Waals surface area contributed by atoms with Crippen molar-refractivity contribution in [3.05, 3.63) is 48.0 Å². The van der Waals surface area contributed by atoms with Crippen molar-refractivity contribution in [1.82, 2.24) is 4.57 Å². The average Bonchev–Trinajstić information content (AvgIpc) is 3.02. The monoisotopic (exact) mass is 433 g/mol. The lowest BCUT2D eigenvalue weighted by Crippen LogP contribution is -2.08. The van der Waals surface area contributed by atoms with Crippen LogP contribution in [0.25, 0.3) is 22.2 Å². The molecule has 0 saturated heterocycles. The Morgan fingerprint density at radius 3 is 2.69 bits per heavy atom. The van der Waals surface area contributed by atoms with Crippen molar-refractivity contribution in [2.75, 3.05) is 29.6 Å². The molecular weight excluding hydrogens is 413 g/mol. The molecule has 29 heavy (non-hydrogen) atoms. The highest BCUT2D eigenvalue weighted by molar-refractivity contribution is 7.86. The minimum absolute atomic E-state index is 0.00534. The number of anilines is 1. The molecule has 0 aliphatic carbocycles. The fourth-order valence-electron chi connectivity index (χ4n) is 3.18. The van der Waals surface area contributed by atoms with Crippen molar-refractivity contribution in [2.45, 2.75) is 6.42 Å². The Morgan fingerprint density at radius 2 is 2.03 bits per heavy atom. The Labute approximate surface area is 176 Å². The third-order valence-electron chi connectivity index (χ3n) is 4.48. The van der Waals surface area contributed by atoms with E-state index in [2.05, 4.69) is 10.8 Å². The van der Waals surface area contributed by atoms with Crippen molar-refractivity contribution >= 4 is 39.2 Å². The van der Waals surface area contributed by atoms with Gasteiger partial charge >= 0.3 is 0 Å². The summed E-state index contributed by atoms with van der Waals surface area (Å²) in [5.74, 6) is 1.52. The number of rotatable bonds is 9. The second-order valence-electron chi connectivity index (χ2n) is 6.38. The number of fused-ring (bicyclic) bond motifs is 1. The second kappa shape index (κ2) is 9.77. The van der Waals surface area contributed by atoms with Crippen molar-refractivity contribution in [1.29, 1.82) is 5.26 Å². The number of alkyl halides is 2. The number of hydrogen-bond donors (Lipinski definition) is 1. The van der Waals surface area contributed by atoms with Crippen LogP contribution in [0.15, 0.2) is 42.5 Å². The van der Waals surface area contributed by atoms with E-state index < -0.39 is 17.7 Å². The highest BCUT2D eigenvalue weighted by Gasteiger charge is 2.17. The van der Waals surface area contributed by atoms with E-state index >= 15 is 0 Å². The summed E-state index contributed by atoms with van der Waals surface area (Å²) in [4.78, 5) is 0. The van der Waals surface area contributed by atoms with E-state index in [1.807, 2.05) is 48.0 Å². The second-order valence-corrected chi connectivity index (χ2v) is 8.06. The predicted octanol–water partition coefficient (Wildman–Crippen LogP) is 4.77. The van der Waals surface area contributed by atoms with Crippen molar-refractivity contribution in [3.63, 3.8) is 0 Å². The van der Waals surface area contributed by atoms with Crippen LogP contribution in [-0.2, 0) is 18.0 Å². The fraction of sp³-hybridized carbons (Fsp3) is 0.286.